The Morgan fingerprint density at radius 3 is 2.88 bits per heavy atom. The largest absolute Gasteiger partial charge is 0.394 e. The van der Waals surface area contributed by atoms with Crippen LogP contribution in [-0.4, -0.2) is 75.9 Å². The number of thioether (sulfide) groups is 1. The van der Waals surface area contributed by atoms with Crippen LogP contribution in [-0.2, 0) is 4.74 Å². The summed E-state index contributed by atoms with van der Waals surface area (Å²) in [5.74, 6) is 0. The normalized spacial score (nSPS) is 38.5. The van der Waals surface area contributed by atoms with Crippen molar-refractivity contribution in [3.63, 3.8) is 0 Å². The standard InChI is InChI=1S/C10H18N2O4S/c1-12(2)10-11-8-5(14)3-7(6(15)4-13)16-9(8)17-10/h5-9,13-15H,3-4H2,1-2H3/t5-,6+,7-,8+,9+/m0/s1. The highest BCUT2D eigenvalue weighted by molar-refractivity contribution is 8.14. The van der Waals surface area contributed by atoms with Crippen molar-refractivity contribution in [3.8, 4) is 0 Å². The Kier molecular flexibility index (Phi) is 3.94. The first-order valence-corrected chi connectivity index (χ1v) is 6.45. The summed E-state index contributed by atoms with van der Waals surface area (Å²) in [5.41, 5.74) is -0.276. The van der Waals surface area contributed by atoms with E-state index in [1.807, 2.05) is 19.0 Å². The fourth-order valence-electron chi connectivity index (χ4n) is 1.96. The molecule has 5 atom stereocenters. The Morgan fingerprint density at radius 2 is 2.29 bits per heavy atom. The monoisotopic (exact) mass is 262 g/mol. The zero-order valence-electron chi connectivity index (χ0n) is 9.85. The third-order valence-corrected chi connectivity index (χ3v) is 4.24. The molecule has 1 fully saturated rings. The van der Waals surface area contributed by atoms with Gasteiger partial charge in [0, 0.05) is 20.5 Å². The lowest BCUT2D eigenvalue weighted by Gasteiger charge is -2.35. The second-order valence-corrected chi connectivity index (χ2v) is 5.58. The summed E-state index contributed by atoms with van der Waals surface area (Å²) in [6.45, 7) is -0.360. The van der Waals surface area contributed by atoms with Gasteiger partial charge in [0.15, 0.2) is 5.17 Å². The lowest BCUT2D eigenvalue weighted by atomic mass is 9.98. The summed E-state index contributed by atoms with van der Waals surface area (Å²) in [5, 5.41) is 29.3. The number of aliphatic hydroxyl groups excluding tert-OH is 3. The highest BCUT2D eigenvalue weighted by Crippen LogP contribution is 2.37. The van der Waals surface area contributed by atoms with Gasteiger partial charge in [0.1, 0.15) is 17.6 Å². The molecule has 0 bridgehead atoms. The first kappa shape index (κ1) is 13.1. The molecule has 0 spiro atoms. The average molecular weight is 262 g/mol. The van der Waals surface area contributed by atoms with E-state index in [-0.39, 0.29) is 18.1 Å². The lowest BCUT2D eigenvalue weighted by Crippen LogP contribution is -2.48. The molecule has 0 aromatic rings. The van der Waals surface area contributed by atoms with Crippen molar-refractivity contribution in [2.45, 2.75) is 36.2 Å². The average Bonchev–Trinajstić information content (AvgIpc) is 2.72. The van der Waals surface area contributed by atoms with Crippen LogP contribution in [0, 0.1) is 0 Å². The topological polar surface area (TPSA) is 85.5 Å². The molecule has 0 amide bonds. The van der Waals surface area contributed by atoms with Crippen molar-refractivity contribution < 1.29 is 20.1 Å². The van der Waals surface area contributed by atoms with Gasteiger partial charge in [-0.15, -0.1) is 0 Å². The number of aliphatic hydroxyl groups is 3. The number of amidine groups is 1. The van der Waals surface area contributed by atoms with E-state index in [4.69, 9.17) is 9.84 Å². The van der Waals surface area contributed by atoms with Gasteiger partial charge in [-0.05, 0) is 0 Å². The summed E-state index contributed by atoms with van der Waals surface area (Å²) in [6, 6.07) is -0.278. The molecule has 7 heteroatoms. The van der Waals surface area contributed by atoms with Crippen molar-refractivity contribution in [2.24, 2.45) is 4.99 Å². The number of rotatable bonds is 2. The van der Waals surface area contributed by atoms with E-state index >= 15 is 0 Å². The maximum atomic E-state index is 9.98. The van der Waals surface area contributed by atoms with Crippen LogP contribution in [0.25, 0.3) is 0 Å². The van der Waals surface area contributed by atoms with Crippen molar-refractivity contribution in [1.29, 1.82) is 0 Å². The zero-order valence-corrected chi connectivity index (χ0v) is 10.7. The molecule has 0 aromatic carbocycles. The minimum absolute atomic E-state index is 0.276. The first-order valence-electron chi connectivity index (χ1n) is 5.57. The zero-order chi connectivity index (χ0) is 12.6. The van der Waals surface area contributed by atoms with Crippen LogP contribution in [0.1, 0.15) is 6.42 Å². The molecule has 2 rings (SSSR count). The maximum Gasteiger partial charge on any atom is 0.161 e. The van der Waals surface area contributed by atoms with Gasteiger partial charge in [0.25, 0.3) is 0 Å². The fraction of sp³-hybridized carbons (Fsp3) is 0.900. The van der Waals surface area contributed by atoms with Gasteiger partial charge in [-0.1, -0.05) is 11.8 Å². The van der Waals surface area contributed by atoms with Crippen molar-refractivity contribution >= 4 is 16.9 Å². The molecule has 0 unspecified atom stereocenters. The number of ether oxygens (including phenoxy) is 1. The molecule has 2 aliphatic heterocycles. The molecule has 98 valence electrons. The molecular weight excluding hydrogens is 244 g/mol. The van der Waals surface area contributed by atoms with Crippen LogP contribution in [0.5, 0.6) is 0 Å². The summed E-state index contributed by atoms with van der Waals surface area (Å²) in [4.78, 5) is 6.27. The van der Waals surface area contributed by atoms with Crippen molar-refractivity contribution in [2.75, 3.05) is 20.7 Å². The van der Waals surface area contributed by atoms with Gasteiger partial charge >= 0.3 is 0 Å². The molecule has 17 heavy (non-hydrogen) atoms. The molecule has 2 heterocycles. The summed E-state index contributed by atoms with van der Waals surface area (Å²) < 4.78 is 5.67. The van der Waals surface area contributed by atoms with Gasteiger partial charge < -0.3 is 25.0 Å². The van der Waals surface area contributed by atoms with Crippen LogP contribution in [0.2, 0.25) is 0 Å². The minimum Gasteiger partial charge on any atom is -0.394 e. The van der Waals surface area contributed by atoms with Crippen molar-refractivity contribution in [1.82, 2.24) is 4.90 Å². The predicted octanol–water partition coefficient (Wildman–Crippen LogP) is -1.15. The minimum atomic E-state index is -0.949. The summed E-state index contributed by atoms with van der Waals surface area (Å²) >= 11 is 1.44. The SMILES string of the molecule is CN(C)C1=N[C@H]2[C@H](O[C@H]([C@H](O)CO)C[C@@H]2O)S1. The number of hydrogen-bond donors (Lipinski definition) is 3. The Balaban J connectivity index is 2.05. The van der Waals surface area contributed by atoms with E-state index in [2.05, 4.69) is 4.99 Å². The fourth-order valence-corrected chi connectivity index (χ4v) is 3.14. The third-order valence-electron chi connectivity index (χ3n) is 2.94. The van der Waals surface area contributed by atoms with Crippen LogP contribution in [0.4, 0.5) is 0 Å². The van der Waals surface area contributed by atoms with Crippen LogP contribution in [0.3, 0.4) is 0 Å². The second-order valence-electron chi connectivity index (χ2n) is 4.51. The molecular formula is C10H18N2O4S. The van der Waals surface area contributed by atoms with E-state index in [9.17, 15) is 10.2 Å². The first-order chi connectivity index (χ1) is 8.02. The van der Waals surface area contributed by atoms with Gasteiger partial charge in [0.05, 0.1) is 18.8 Å². The Hall–Kier alpha value is -0.340. The summed E-state index contributed by atoms with van der Waals surface area (Å²) in [7, 11) is 3.77. The third kappa shape index (κ3) is 2.58. The molecule has 0 saturated carbocycles. The van der Waals surface area contributed by atoms with E-state index < -0.39 is 18.3 Å². The molecule has 1 saturated heterocycles. The number of nitrogens with zero attached hydrogens (tertiary/aromatic N) is 2. The molecule has 6 nitrogen and oxygen atoms in total. The molecule has 0 aliphatic carbocycles. The number of aliphatic imine (C=N–C) groups is 1. The Bertz CT molecular complexity index is 313. The van der Waals surface area contributed by atoms with Gasteiger partial charge in [-0.2, -0.15) is 0 Å². The smallest absolute Gasteiger partial charge is 0.161 e. The maximum absolute atomic E-state index is 9.98. The van der Waals surface area contributed by atoms with Gasteiger partial charge in [-0.3, -0.25) is 4.99 Å². The Labute approximate surface area is 104 Å². The van der Waals surface area contributed by atoms with Crippen LogP contribution < -0.4 is 0 Å². The highest BCUT2D eigenvalue weighted by Gasteiger charge is 2.44. The molecule has 3 N–H and O–H groups in total. The molecule has 2 aliphatic rings. The lowest BCUT2D eigenvalue weighted by molar-refractivity contribution is -0.125. The van der Waals surface area contributed by atoms with E-state index in [1.165, 1.54) is 11.8 Å². The number of fused-ring (bicyclic) bond motifs is 1. The Morgan fingerprint density at radius 1 is 1.59 bits per heavy atom. The van der Waals surface area contributed by atoms with Crippen molar-refractivity contribution in [3.05, 3.63) is 0 Å². The van der Waals surface area contributed by atoms with Gasteiger partial charge in [-0.25, -0.2) is 0 Å². The van der Waals surface area contributed by atoms with E-state index in [0.717, 1.165) is 5.17 Å². The van der Waals surface area contributed by atoms with E-state index in [1.54, 1.807) is 0 Å². The van der Waals surface area contributed by atoms with Crippen LogP contribution in [0.15, 0.2) is 4.99 Å². The van der Waals surface area contributed by atoms with Gasteiger partial charge in [0.2, 0.25) is 0 Å². The quantitative estimate of drug-likeness (QED) is 0.582. The van der Waals surface area contributed by atoms with E-state index in [0.29, 0.717) is 6.42 Å². The molecule has 0 aromatic heterocycles. The highest BCUT2D eigenvalue weighted by atomic mass is 32.2. The second kappa shape index (κ2) is 5.11. The predicted molar refractivity (Wildman–Crippen MR) is 64.9 cm³/mol. The van der Waals surface area contributed by atoms with Crippen LogP contribution >= 0.6 is 11.8 Å². The number of hydrogen-bond acceptors (Lipinski definition) is 7. The molecule has 0 radical (unpaired) electrons. The summed E-state index contributed by atoms with van der Waals surface area (Å²) in [6.07, 6.45) is -1.81.